The summed E-state index contributed by atoms with van der Waals surface area (Å²) >= 11 is 0. The predicted octanol–water partition coefficient (Wildman–Crippen LogP) is 6.38. The van der Waals surface area contributed by atoms with Crippen LogP contribution in [0.1, 0.15) is 104 Å². The van der Waals surface area contributed by atoms with Crippen LogP contribution in [-0.4, -0.2) is 22.2 Å². The van der Waals surface area contributed by atoms with Gasteiger partial charge < -0.3 is 10.2 Å². The van der Waals surface area contributed by atoms with E-state index in [-0.39, 0.29) is 6.42 Å². The van der Waals surface area contributed by atoms with Crippen molar-refractivity contribution < 1.29 is 19.8 Å². The van der Waals surface area contributed by atoms with Crippen LogP contribution in [0, 0.1) is 45.8 Å². The van der Waals surface area contributed by atoms with Crippen molar-refractivity contribution in [3.8, 4) is 0 Å². The van der Waals surface area contributed by atoms with Crippen molar-refractivity contribution in [2.45, 2.75) is 104 Å². The fraction of sp³-hybridized carbons (Fsp3) is 0.923. The number of carbonyl (C=O) groups is 2. The van der Waals surface area contributed by atoms with Crippen molar-refractivity contribution in [1.29, 1.82) is 0 Å². The Hall–Kier alpha value is -1.06. The molecule has 30 heavy (non-hydrogen) atoms. The van der Waals surface area contributed by atoms with Gasteiger partial charge in [0.2, 0.25) is 0 Å². The van der Waals surface area contributed by atoms with Crippen molar-refractivity contribution in [3.05, 3.63) is 0 Å². The van der Waals surface area contributed by atoms with E-state index in [2.05, 4.69) is 20.8 Å². The van der Waals surface area contributed by atoms with Gasteiger partial charge in [0.25, 0.3) is 0 Å². The number of fused-ring (bicyclic) bond motifs is 5. The maximum atomic E-state index is 11.2. The molecule has 7 atom stereocenters. The summed E-state index contributed by atoms with van der Waals surface area (Å²) in [7, 11) is 0. The molecule has 4 nitrogen and oxygen atoms in total. The SMILES string of the molecule is CC12CCC3C(CCC4(C)CCCC[C@]34C)C1CCC2CCCC(C(=O)O)C(=O)O. The van der Waals surface area contributed by atoms with E-state index in [1.165, 1.54) is 64.2 Å². The molecule has 4 heteroatoms. The van der Waals surface area contributed by atoms with Crippen molar-refractivity contribution in [3.63, 3.8) is 0 Å². The molecule has 0 aromatic heterocycles. The van der Waals surface area contributed by atoms with Gasteiger partial charge in [0.1, 0.15) is 0 Å². The minimum atomic E-state index is -1.24. The zero-order valence-electron chi connectivity index (χ0n) is 19.3. The summed E-state index contributed by atoms with van der Waals surface area (Å²) in [4.78, 5) is 22.4. The summed E-state index contributed by atoms with van der Waals surface area (Å²) in [6.07, 6.45) is 15.7. The molecule has 4 rings (SSSR count). The molecule has 0 heterocycles. The second-order valence-electron chi connectivity index (χ2n) is 12.1. The standard InChI is InChI=1S/C26H42O4/c1-24-13-4-5-14-26(24,3)21-12-16-25(2)17(9-10-20(25)18(21)11-15-24)7-6-8-19(22(27)28)23(29)30/h17-21H,4-16H2,1-3H3,(H,27,28)(H,29,30)/t17?,18?,20?,21?,24?,25?,26-/m1/s1. The third kappa shape index (κ3) is 3.32. The van der Waals surface area contributed by atoms with E-state index in [0.717, 1.165) is 30.6 Å². The number of hydrogen-bond donors (Lipinski definition) is 2. The summed E-state index contributed by atoms with van der Waals surface area (Å²) < 4.78 is 0. The first kappa shape index (κ1) is 22.1. The first-order chi connectivity index (χ1) is 14.1. The molecule has 0 aliphatic heterocycles. The maximum absolute atomic E-state index is 11.2. The Morgan fingerprint density at radius 1 is 0.867 bits per heavy atom. The van der Waals surface area contributed by atoms with E-state index in [4.69, 9.17) is 10.2 Å². The molecule has 170 valence electrons. The van der Waals surface area contributed by atoms with Crippen LogP contribution in [0.25, 0.3) is 0 Å². The lowest BCUT2D eigenvalue weighted by Crippen LogP contribution is -2.56. The minimum Gasteiger partial charge on any atom is -0.481 e. The van der Waals surface area contributed by atoms with Gasteiger partial charge in [0.15, 0.2) is 5.92 Å². The largest absolute Gasteiger partial charge is 0.481 e. The Balaban J connectivity index is 1.44. The quantitative estimate of drug-likeness (QED) is 0.491. The zero-order chi connectivity index (χ0) is 21.7. The van der Waals surface area contributed by atoms with Crippen molar-refractivity contribution in [2.24, 2.45) is 45.8 Å². The van der Waals surface area contributed by atoms with Gasteiger partial charge in [-0.2, -0.15) is 0 Å². The lowest BCUT2D eigenvalue weighted by molar-refractivity contribution is -0.155. The van der Waals surface area contributed by atoms with Gasteiger partial charge >= 0.3 is 11.9 Å². The molecule has 0 saturated heterocycles. The van der Waals surface area contributed by atoms with Crippen LogP contribution in [0.15, 0.2) is 0 Å². The summed E-state index contributed by atoms with van der Waals surface area (Å²) in [5.74, 6) is -0.409. The van der Waals surface area contributed by atoms with Crippen LogP contribution in [0.2, 0.25) is 0 Å². The molecule has 4 aliphatic carbocycles. The van der Waals surface area contributed by atoms with Crippen LogP contribution in [0.3, 0.4) is 0 Å². The summed E-state index contributed by atoms with van der Waals surface area (Å²) in [5.41, 5.74) is 1.44. The highest BCUT2D eigenvalue weighted by Gasteiger charge is 2.62. The first-order valence-electron chi connectivity index (χ1n) is 12.6. The second-order valence-corrected chi connectivity index (χ2v) is 12.1. The molecule has 0 bridgehead atoms. The normalized spacial score (nSPS) is 45.5. The van der Waals surface area contributed by atoms with Gasteiger partial charge in [-0.15, -0.1) is 0 Å². The van der Waals surface area contributed by atoms with Crippen LogP contribution in [0.5, 0.6) is 0 Å². The fourth-order valence-corrected chi connectivity index (χ4v) is 9.11. The molecule has 0 spiro atoms. The van der Waals surface area contributed by atoms with Crippen LogP contribution >= 0.6 is 0 Å². The molecule has 0 amide bonds. The summed E-state index contributed by atoms with van der Waals surface area (Å²) in [5, 5.41) is 18.3. The topological polar surface area (TPSA) is 74.6 Å². The minimum absolute atomic E-state index is 0.268. The molecule has 6 unspecified atom stereocenters. The average Bonchev–Trinajstić information content (AvgIpc) is 3.01. The molecule has 4 fully saturated rings. The number of aliphatic carboxylic acids is 2. The van der Waals surface area contributed by atoms with Crippen molar-refractivity contribution in [2.75, 3.05) is 0 Å². The Kier molecular flexibility index (Phi) is 5.77. The van der Waals surface area contributed by atoms with Gasteiger partial charge in [-0.1, -0.05) is 40.0 Å². The van der Waals surface area contributed by atoms with E-state index in [1.54, 1.807) is 0 Å². The zero-order valence-corrected chi connectivity index (χ0v) is 19.3. The molecule has 0 radical (unpaired) electrons. The fourth-order valence-electron chi connectivity index (χ4n) is 9.11. The van der Waals surface area contributed by atoms with E-state index in [9.17, 15) is 9.59 Å². The Labute approximate surface area is 182 Å². The van der Waals surface area contributed by atoms with E-state index in [0.29, 0.717) is 22.2 Å². The first-order valence-corrected chi connectivity index (χ1v) is 12.6. The number of carboxylic acids is 2. The van der Waals surface area contributed by atoms with Crippen LogP contribution in [0.4, 0.5) is 0 Å². The van der Waals surface area contributed by atoms with Gasteiger partial charge in [0, 0.05) is 0 Å². The van der Waals surface area contributed by atoms with Gasteiger partial charge in [-0.3, -0.25) is 9.59 Å². The number of carboxylic acid groups (broad SMARTS) is 2. The molecule has 4 saturated carbocycles. The van der Waals surface area contributed by atoms with E-state index >= 15 is 0 Å². The molecule has 4 aliphatic rings. The third-order valence-electron chi connectivity index (χ3n) is 11.2. The molecule has 2 N–H and O–H groups in total. The molecule has 0 aromatic rings. The Morgan fingerprint density at radius 3 is 2.27 bits per heavy atom. The van der Waals surface area contributed by atoms with Crippen molar-refractivity contribution in [1.82, 2.24) is 0 Å². The number of rotatable bonds is 6. The average molecular weight is 419 g/mol. The van der Waals surface area contributed by atoms with Crippen molar-refractivity contribution >= 4 is 11.9 Å². The van der Waals surface area contributed by atoms with Crippen LogP contribution < -0.4 is 0 Å². The molecular weight excluding hydrogens is 376 g/mol. The lowest BCUT2D eigenvalue weighted by atomic mass is 9.40. The van der Waals surface area contributed by atoms with E-state index < -0.39 is 17.9 Å². The van der Waals surface area contributed by atoms with Gasteiger partial charge in [-0.25, -0.2) is 0 Å². The lowest BCUT2D eigenvalue weighted by Gasteiger charge is -2.64. The van der Waals surface area contributed by atoms with Crippen LogP contribution in [-0.2, 0) is 9.59 Å². The molecule has 0 aromatic carbocycles. The maximum Gasteiger partial charge on any atom is 0.317 e. The third-order valence-corrected chi connectivity index (χ3v) is 11.2. The molecular formula is C26H42O4. The van der Waals surface area contributed by atoms with Gasteiger partial charge in [-0.05, 0) is 104 Å². The smallest absolute Gasteiger partial charge is 0.317 e. The number of hydrogen-bond acceptors (Lipinski definition) is 2. The highest BCUT2D eigenvalue weighted by atomic mass is 16.4. The van der Waals surface area contributed by atoms with E-state index in [1.807, 2.05) is 0 Å². The second kappa shape index (κ2) is 7.81. The predicted molar refractivity (Wildman–Crippen MR) is 117 cm³/mol. The summed E-state index contributed by atoms with van der Waals surface area (Å²) in [6.45, 7) is 7.75. The Bertz CT molecular complexity index is 675. The highest BCUT2D eigenvalue weighted by molar-refractivity contribution is 5.92. The monoisotopic (exact) mass is 418 g/mol. The Morgan fingerprint density at radius 2 is 1.57 bits per heavy atom. The summed E-state index contributed by atoms with van der Waals surface area (Å²) in [6, 6.07) is 0. The van der Waals surface area contributed by atoms with Gasteiger partial charge in [0.05, 0.1) is 0 Å². The highest BCUT2D eigenvalue weighted by Crippen LogP contribution is 2.70.